The molecule has 0 aliphatic carbocycles. The van der Waals surface area contributed by atoms with Crippen LogP contribution in [-0.2, 0) is 0 Å². The fraction of sp³-hybridized carbons (Fsp3) is 0. The Morgan fingerprint density at radius 1 is 0.298 bits per heavy atom. The normalized spacial score (nSPS) is 11.8. The van der Waals surface area contributed by atoms with E-state index in [-0.39, 0.29) is 0 Å². The largest absolute Gasteiger partial charge is 0.456 e. The Bertz CT molecular complexity index is 2710. The Morgan fingerprint density at radius 2 is 0.851 bits per heavy atom. The van der Waals surface area contributed by atoms with Gasteiger partial charge in [-0.2, -0.15) is 0 Å². The van der Waals surface area contributed by atoms with E-state index < -0.39 is 0 Å². The van der Waals surface area contributed by atoms with E-state index in [1.54, 1.807) is 0 Å². The van der Waals surface area contributed by atoms with E-state index in [0.29, 0.717) is 0 Å². The van der Waals surface area contributed by atoms with Crippen molar-refractivity contribution in [2.75, 3.05) is 0 Å². The third-order valence-electron chi connectivity index (χ3n) is 9.84. The van der Waals surface area contributed by atoms with Crippen LogP contribution in [0.2, 0.25) is 0 Å². The minimum Gasteiger partial charge on any atom is -0.456 e. The lowest BCUT2D eigenvalue weighted by atomic mass is 9.84. The summed E-state index contributed by atoms with van der Waals surface area (Å²) in [6.45, 7) is 0. The van der Waals surface area contributed by atoms with Gasteiger partial charge in [0.25, 0.3) is 0 Å². The van der Waals surface area contributed by atoms with Crippen molar-refractivity contribution in [3.05, 3.63) is 170 Å². The average Bonchev–Trinajstić information content (AvgIpc) is 3.53. The molecule has 0 saturated carbocycles. The Kier molecular flexibility index (Phi) is 5.64. The highest BCUT2D eigenvalue weighted by molar-refractivity contribution is 6.28. The molecule has 0 N–H and O–H groups in total. The summed E-state index contributed by atoms with van der Waals surface area (Å²) in [5.74, 6) is 0. The third kappa shape index (κ3) is 3.97. The zero-order chi connectivity index (χ0) is 30.9. The van der Waals surface area contributed by atoms with Crippen molar-refractivity contribution in [1.82, 2.24) is 0 Å². The summed E-state index contributed by atoms with van der Waals surface area (Å²) in [4.78, 5) is 0. The topological polar surface area (TPSA) is 13.1 Å². The van der Waals surface area contributed by atoms with Crippen LogP contribution in [0, 0.1) is 0 Å². The van der Waals surface area contributed by atoms with Gasteiger partial charge in [-0.3, -0.25) is 0 Å². The molecule has 1 heteroatoms. The molecule has 218 valence electrons. The summed E-state index contributed by atoms with van der Waals surface area (Å²) in [7, 11) is 0. The SMILES string of the molecule is c1ccc(-c2cccc(-c3ccc(-c4c5ccccc5c(-c5ccc6oc7cccc8ccc5c6c87)c5ccccc45)cc3)c2)cc1. The maximum atomic E-state index is 6.33. The van der Waals surface area contributed by atoms with Crippen molar-refractivity contribution in [1.29, 1.82) is 0 Å². The van der Waals surface area contributed by atoms with Gasteiger partial charge in [-0.1, -0.05) is 146 Å². The first-order valence-corrected chi connectivity index (χ1v) is 16.2. The predicted octanol–water partition coefficient (Wildman–Crippen LogP) is 13.2. The number of furan rings is 1. The number of hydrogen-bond donors (Lipinski definition) is 0. The van der Waals surface area contributed by atoms with Crippen molar-refractivity contribution < 1.29 is 4.42 Å². The monoisotopic (exact) mass is 596 g/mol. The first kappa shape index (κ1) is 26.1. The van der Waals surface area contributed by atoms with Gasteiger partial charge in [0.15, 0.2) is 0 Å². The molecule has 10 rings (SSSR count). The molecule has 1 heterocycles. The molecule has 1 aromatic heterocycles. The van der Waals surface area contributed by atoms with Crippen LogP contribution in [0.15, 0.2) is 174 Å². The summed E-state index contributed by atoms with van der Waals surface area (Å²) in [5, 5.41) is 9.87. The second-order valence-corrected chi connectivity index (χ2v) is 12.4. The summed E-state index contributed by atoms with van der Waals surface area (Å²) in [5.41, 5.74) is 11.8. The van der Waals surface area contributed by atoms with Crippen molar-refractivity contribution >= 4 is 54.3 Å². The number of fused-ring (bicyclic) bond motifs is 2. The molecule has 0 unspecified atom stereocenters. The molecule has 47 heavy (non-hydrogen) atoms. The fourth-order valence-electron chi connectivity index (χ4n) is 7.73. The molecule has 0 spiro atoms. The second kappa shape index (κ2) is 10.2. The summed E-state index contributed by atoms with van der Waals surface area (Å²) in [6, 6.07) is 61.5. The first-order valence-electron chi connectivity index (χ1n) is 16.2. The Morgan fingerprint density at radius 3 is 1.55 bits per heavy atom. The highest BCUT2D eigenvalue weighted by Gasteiger charge is 2.21. The zero-order valence-corrected chi connectivity index (χ0v) is 25.6. The average molecular weight is 597 g/mol. The Hall–Kier alpha value is -6.18. The zero-order valence-electron chi connectivity index (χ0n) is 25.6. The molecule has 0 amide bonds. The van der Waals surface area contributed by atoms with Crippen LogP contribution >= 0.6 is 0 Å². The Balaban J connectivity index is 1.18. The summed E-state index contributed by atoms with van der Waals surface area (Å²) < 4.78 is 6.33. The van der Waals surface area contributed by atoms with Crippen LogP contribution in [0.5, 0.6) is 0 Å². The molecule has 0 saturated heterocycles. The highest BCUT2D eigenvalue weighted by atomic mass is 16.3. The van der Waals surface area contributed by atoms with E-state index in [9.17, 15) is 0 Å². The summed E-state index contributed by atoms with van der Waals surface area (Å²) in [6.07, 6.45) is 0. The van der Waals surface area contributed by atoms with E-state index >= 15 is 0 Å². The maximum absolute atomic E-state index is 6.33. The van der Waals surface area contributed by atoms with Gasteiger partial charge in [-0.25, -0.2) is 0 Å². The molecular formula is C46H28O. The quantitative estimate of drug-likeness (QED) is 0.145. The van der Waals surface area contributed by atoms with E-state index in [4.69, 9.17) is 4.42 Å². The summed E-state index contributed by atoms with van der Waals surface area (Å²) >= 11 is 0. The van der Waals surface area contributed by atoms with Crippen LogP contribution in [0.4, 0.5) is 0 Å². The van der Waals surface area contributed by atoms with E-state index in [2.05, 4.69) is 170 Å². The van der Waals surface area contributed by atoms with Crippen molar-refractivity contribution in [2.45, 2.75) is 0 Å². The minimum atomic E-state index is 0.940. The fourth-order valence-corrected chi connectivity index (χ4v) is 7.73. The van der Waals surface area contributed by atoms with Crippen molar-refractivity contribution in [2.24, 2.45) is 0 Å². The van der Waals surface area contributed by atoms with Crippen LogP contribution < -0.4 is 0 Å². The lowest BCUT2D eigenvalue weighted by Crippen LogP contribution is -1.92. The highest BCUT2D eigenvalue weighted by Crippen LogP contribution is 2.47. The van der Waals surface area contributed by atoms with Gasteiger partial charge in [0.1, 0.15) is 11.2 Å². The lowest BCUT2D eigenvalue weighted by molar-refractivity contribution is 0.669. The molecule has 10 aromatic rings. The lowest BCUT2D eigenvalue weighted by Gasteiger charge is -2.19. The van der Waals surface area contributed by atoms with Gasteiger partial charge in [0.2, 0.25) is 0 Å². The van der Waals surface area contributed by atoms with Gasteiger partial charge < -0.3 is 4.42 Å². The van der Waals surface area contributed by atoms with Crippen molar-refractivity contribution in [3.8, 4) is 44.5 Å². The van der Waals surface area contributed by atoms with Gasteiger partial charge in [-0.15, -0.1) is 0 Å². The molecule has 0 fully saturated rings. The van der Waals surface area contributed by atoms with Gasteiger partial charge in [-0.05, 0) is 101 Å². The molecule has 0 atom stereocenters. The third-order valence-corrected chi connectivity index (χ3v) is 9.84. The van der Waals surface area contributed by atoms with E-state index in [1.807, 2.05) is 0 Å². The minimum absolute atomic E-state index is 0.940. The standard InChI is InChI=1S/C46H28O/c1-2-10-29(11-3-1)33-13-8-14-34(28-33)30-20-22-32(23-21-30)43-35-15-4-6-17-37(35)45(38-18-7-5-16-36(38)43)39-26-27-42-46-40(39)25-24-31-12-9-19-41(47-42)44(31)46/h1-28H. The van der Waals surface area contributed by atoms with Gasteiger partial charge in [0, 0.05) is 10.8 Å². The molecule has 0 aliphatic heterocycles. The smallest absolute Gasteiger partial charge is 0.136 e. The van der Waals surface area contributed by atoms with Crippen molar-refractivity contribution in [3.63, 3.8) is 0 Å². The molecule has 0 aliphatic rings. The molecule has 0 bridgehead atoms. The number of benzene rings is 9. The number of hydrogen-bond acceptors (Lipinski definition) is 1. The van der Waals surface area contributed by atoms with Crippen LogP contribution in [0.1, 0.15) is 0 Å². The van der Waals surface area contributed by atoms with Crippen LogP contribution in [-0.4, -0.2) is 0 Å². The van der Waals surface area contributed by atoms with Gasteiger partial charge >= 0.3 is 0 Å². The van der Waals surface area contributed by atoms with E-state index in [1.165, 1.54) is 87.6 Å². The molecule has 0 radical (unpaired) electrons. The molecule has 1 nitrogen and oxygen atoms in total. The first-order chi connectivity index (χ1) is 23.3. The molecule has 9 aromatic carbocycles. The van der Waals surface area contributed by atoms with Crippen LogP contribution in [0.25, 0.3) is 98.8 Å². The number of rotatable bonds is 4. The molecular weight excluding hydrogens is 569 g/mol. The van der Waals surface area contributed by atoms with Gasteiger partial charge in [0.05, 0.1) is 0 Å². The predicted molar refractivity (Wildman–Crippen MR) is 199 cm³/mol. The second-order valence-electron chi connectivity index (χ2n) is 12.4. The van der Waals surface area contributed by atoms with Crippen LogP contribution in [0.3, 0.4) is 0 Å². The maximum Gasteiger partial charge on any atom is 0.136 e. The van der Waals surface area contributed by atoms with E-state index in [0.717, 1.165) is 11.2 Å². The Labute approximate surface area is 272 Å².